The summed E-state index contributed by atoms with van der Waals surface area (Å²) in [6.45, 7) is 3.76. The Labute approximate surface area is 149 Å². The van der Waals surface area contributed by atoms with E-state index in [2.05, 4.69) is 27.6 Å². The molecule has 1 unspecified atom stereocenters. The highest BCUT2D eigenvalue weighted by molar-refractivity contribution is 5.92. The zero-order chi connectivity index (χ0) is 17.6. The number of piperidine rings is 1. The van der Waals surface area contributed by atoms with Gasteiger partial charge in [-0.05, 0) is 39.2 Å². The Morgan fingerprint density at radius 1 is 1.12 bits per heavy atom. The topological polar surface area (TPSA) is 79.3 Å². The number of aromatic nitrogens is 2. The van der Waals surface area contributed by atoms with Crippen LogP contribution in [0, 0.1) is 0 Å². The highest BCUT2D eigenvalue weighted by atomic mass is 16.2. The summed E-state index contributed by atoms with van der Waals surface area (Å²) < 4.78 is 1.57. The summed E-state index contributed by atoms with van der Waals surface area (Å²) in [5, 5.41) is 10.1. The monoisotopic (exact) mass is 347 g/mol. The molecule has 1 aromatic heterocycles. The van der Waals surface area contributed by atoms with Gasteiger partial charge in [0.25, 0.3) is 0 Å². The molecule has 2 heterocycles. The molecule has 1 atom stereocenters. The second kappa shape index (κ2) is 8.47. The molecule has 0 radical (unpaired) electrons. The molecule has 1 aliphatic carbocycles. The standard InChI is InChI=1S/C18H29N5O2/c1-14-6-4-5-9-22(14)12-17(24)21-16-10-19-23(11-16)13-18(25)20-15-7-2-3-8-15/h10-11,14-15H,2-9,12-13H2,1H3,(H,20,25)(H,21,24). The second-order valence-electron chi connectivity index (χ2n) is 7.34. The molecule has 2 aliphatic rings. The van der Waals surface area contributed by atoms with Gasteiger partial charge in [0.1, 0.15) is 6.54 Å². The summed E-state index contributed by atoms with van der Waals surface area (Å²) >= 11 is 0. The molecule has 138 valence electrons. The molecule has 1 aromatic rings. The number of carbonyl (C=O) groups excluding carboxylic acids is 2. The molecule has 1 aliphatic heterocycles. The lowest BCUT2D eigenvalue weighted by atomic mass is 10.0. The summed E-state index contributed by atoms with van der Waals surface area (Å²) in [6.07, 6.45) is 11.4. The van der Waals surface area contributed by atoms with Crippen molar-refractivity contribution in [3.05, 3.63) is 12.4 Å². The number of hydrogen-bond acceptors (Lipinski definition) is 4. The molecule has 0 spiro atoms. The molecule has 2 amide bonds. The van der Waals surface area contributed by atoms with Gasteiger partial charge in [0.05, 0.1) is 18.4 Å². The molecular formula is C18H29N5O2. The van der Waals surface area contributed by atoms with Crippen molar-refractivity contribution in [1.82, 2.24) is 20.0 Å². The van der Waals surface area contributed by atoms with Crippen molar-refractivity contribution in [2.75, 3.05) is 18.4 Å². The smallest absolute Gasteiger partial charge is 0.241 e. The molecule has 25 heavy (non-hydrogen) atoms. The minimum Gasteiger partial charge on any atom is -0.352 e. The third-order valence-corrected chi connectivity index (χ3v) is 5.23. The van der Waals surface area contributed by atoms with Crippen molar-refractivity contribution in [2.24, 2.45) is 0 Å². The van der Waals surface area contributed by atoms with Crippen LogP contribution in [0.3, 0.4) is 0 Å². The molecule has 0 bridgehead atoms. The minimum atomic E-state index is -0.0243. The number of amides is 2. The Kier molecular flexibility index (Phi) is 6.07. The summed E-state index contributed by atoms with van der Waals surface area (Å²) in [4.78, 5) is 26.5. The number of anilines is 1. The first-order chi connectivity index (χ1) is 12.1. The summed E-state index contributed by atoms with van der Waals surface area (Å²) in [5.41, 5.74) is 0.642. The first-order valence-corrected chi connectivity index (χ1v) is 9.46. The first kappa shape index (κ1) is 17.9. The van der Waals surface area contributed by atoms with Crippen LogP contribution in [-0.2, 0) is 16.1 Å². The first-order valence-electron chi connectivity index (χ1n) is 9.46. The number of nitrogens with one attached hydrogen (secondary N) is 2. The number of nitrogens with zero attached hydrogens (tertiary/aromatic N) is 3. The van der Waals surface area contributed by atoms with Gasteiger partial charge in [0.15, 0.2) is 0 Å². The van der Waals surface area contributed by atoms with Gasteiger partial charge >= 0.3 is 0 Å². The van der Waals surface area contributed by atoms with Gasteiger partial charge in [-0.1, -0.05) is 19.3 Å². The maximum Gasteiger partial charge on any atom is 0.241 e. The van der Waals surface area contributed by atoms with Crippen LogP contribution in [0.25, 0.3) is 0 Å². The quantitative estimate of drug-likeness (QED) is 0.822. The Bertz CT molecular complexity index is 594. The van der Waals surface area contributed by atoms with Crippen molar-refractivity contribution < 1.29 is 9.59 Å². The average Bonchev–Trinajstić information content (AvgIpc) is 3.22. The van der Waals surface area contributed by atoms with E-state index in [-0.39, 0.29) is 18.4 Å². The molecule has 1 saturated carbocycles. The Hall–Kier alpha value is -1.89. The fourth-order valence-electron chi connectivity index (χ4n) is 3.78. The van der Waals surface area contributed by atoms with Gasteiger partial charge in [-0.15, -0.1) is 0 Å². The van der Waals surface area contributed by atoms with Crippen LogP contribution in [0.2, 0.25) is 0 Å². The fourth-order valence-corrected chi connectivity index (χ4v) is 3.78. The molecule has 7 heteroatoms. The van der Waals surface area contributed by atoms with Crippen LogP contribution < -0.4 is 10.6 Å². The van der Waals surface area contributed by atoms with Crippen LogP contribution in [0.5, 0.6) is 0 Å². The molecule has 7 nitrogen and oxygen atoms in total. The third kappa shape index (κ3) is 5.29. The molecule has 2 fully saturated rings. The molecule has 0 aromatic carbocycles. The molecule has 2 N–H and O–H groups in total. The van der Waals surface area contributed by atoms with Crippen LogP contribution in [0.15, 0.2) is 12.4 Å². The van der Waals surface area contributed by atoms with Crippen molar-refractivity contribution in [1.29, 1.82) is 0 Å². The molecular weight excluding hydrogens is 318 g/mol. The van der Waals surface area contributed by atoms with Gasteiger partial charge in [-0.25, -0.2) is 0 Å². The van der Waals surface area contributed by atoms with E-state index in [1.54, 1.807) is 17.1 Å². The predicted octanol–water partition coefficient (Wildman–Crippen LogP) is 1.75. The molecule has 3 rings (SSSR count). The van der Waals surface area contributed by atoms with E-state index >= 15 is 0 Å². The van der Waals surface area contributed by atoms with Crippen molar-refractivity contribution >= 4 is 17.5 Å². The van der Waals surface area contributed by atoms with Crippen LogP contribution in [-0.4, -0.2) is 51.7 Å². The zero-order valence-electron chi connectivity index (χ0n) is 15.0. The Morgan fingerprint density at radius 2 is 1.88 bits per heavy atom. The largest absolute Gasteiger partial charge is 0.352 e. The van der Waals surface area contributed by atoms with Crippen molar-refractivity contribution in [2.45, 2.75) is 70.5 Å². The highest BCUT2D eigenvalue weighted by Crippen LogP contribution is 2.18. The maximum atomic E-state index is 12.2. The van der Waals surface area contributed by atoms with Gasteiger partial charge in [-0.2, -0.15) is 5.10 Å². The third-order valence-electron chi connectivity index (χ3n) is 5.23. The number of carbonyl (C=O) groups is 2. The van der Waals surface area contributed by atoms with Crippen LogP contribution >= 0.6 is 0 Å². The average molecular weight is 347 g/mol. The van der Waals surface area contributed by atoms with Gasteiger partial charge in [0, 0.05) is 18.3 Å². The highest BCUT2D eigenvalue weighted by Gasteiger charge is 2.21. The fraction of sp³-hybridized carbons (Fsp3) is 0.722. The minimum absolute atomic E-state index is 0.0185. The van der Waals surface area contributed by atoms with Gasteiger partial charge in [-0.3, -0.25) is 19.2 Å². The van der Waals surface area contributed by atoms with Crippen molar-refractivity contribution in [3.8, 4) is 0 Å². The van der Waals surface area contributed by atoms with E-state index in [1.165, 1.54) is 19.3 Å². The van der Waals surface area contributed by atoms with Crippen molar-refractivity contribution in [3.63, 3.8) is 0 Å². The summed E-state index contributed by atoms with van der Waals surface area (Å²) in [7, 11) is 0. The van der Waals surface area contributed by atoms with Gasteiger partial charge < -0.3 is 10.6 Å². The maximum absolute atomic E-state index is 12.2. The lowest BCUT2D eigenvalue weighted by molar-refractivity contribution is -0.122. The van der Waals surface area contributed by atoms with Gasteiger partial charge in [0.2, 0.25) is 11.8 Å². The lowest BCUT2D eigenvalue weighted by Crippen LogP contribution is -2.42. The van der Waals surface area contributed by atoms with E-state index in [0.717, 1.165) is 32.2 Å². The SMILES string of the molecule is CC1CCCCN1CC(=O)Nc1cnn(CC(=O)NC2CCCC2)c1. The number of hydrogen-bond donors (Lipinski definition) is 2. The van der Waals surface area contributed by atoms with E-state index in [4.69, 9.17) is 0 Å². The lowest BCUT2D eigenvalue weighted by Gasteiger charge is -2.32. The summed E-state index contributed by atoms with van der Waals surface area (Å²) in [5.74, 6) is -0.0428. The van der Waals surface area contributed by atoms with Crippen LogP contribution in [0.1, 0.15) is 51.9 Å². The summed E-state index contributed by atoms with van der Waals surface area (Å²) in [6, 6.07) is 0.773. The van der Waals surface area contributed by atoms with E-state index < -0.39 is 0 Å². The number of likely N-dealkylation sites (tertiary alicyclic amines) is 1. The normalized spacial score (nSPS) is 22.0. The Balaban J connectivity index is 1.44. The zero-order valence-corrected chi connectivity index (χ0v) is 15.0. The predicted molar refractivity (Wildman–Crippen MR) is 96.1 cm³/mol. The number of rotatable bonds is 6. The molecule has 1 saturated heterocycles. The van der Waals surface area contributed by atoms with Crippen LogP contribution in [0.4, 0.5) is 5.69 Å². The second-order valence-corrected chi connectivity index (χ2v) is 7.34. The Morgan fingerprint density at radius 3 is 2.64 bits per heavy atom. The van der Waals surface area contributed by atoms with E-state index in [0.29, 0.717) is 24.3 Å². The van der Waals surface area contributed by atoms with E-state index in [1.807, 2.05) is 0 Å². The van der Waals surface area contributed by atoms with E-state index in [9.17, 15) is 9.59 Å².